The average Bonchev–Trinajstić information content (AvgIpc) is 3.41. The van der Waals surface area contributed by atoms with E-state index in [4.69, 9.17) is 4.52 Å². The minimum absolute atomic E-state index is 0.0442. The number of hydrogen-bond acceptors (Lipinski definition) is 4. The molecule has 0 saturated carbocycles. The summed E-state index contributed by atoms with van der Waals surface area (Å²) in [5.74, 6) is 1.68. The van der Waals surface area contributed by atoms with Gasteiger partial charge in [0.2, 0.25) is 0 Å². The fourth-order valence-electron chi connectivity index (χ4n) is 3.72. The van der Waals surface area contributed by atoms with Gasteiger partial charge in [-0.2, -0.15) is 0 Å². The van der Waals surface area contributed by atoms with Crippen molar-refractivity contribution in [1.82, 2.24) is 10.1 Å². The van der Waals surface area contributed by atoms with Gasteiger partial charge in [-0.1, -0.05) is 65.3 Å². The number of hydrogen-bond donors (Lipinski definition) is 0. The summed E-state index contributed by atoms with van der Waals surface area (Å²) < 4.78 is 5.58. The highest BCUT2D eigenvalue weighted by Crippen LogP contribution is 2.39. The van der Waals surface area contributed by atoms with Crippen molar-refractivity contribution < 1.29 is 9.32 Å². The lowest BCUT2D eigenvalue weighted by atomic mass is 10.1. The van der Waals surface area contributed by atoms with Crippen LogP contribution in [-0.4, -0.2) is 28.3 Å². The molecule has 1 fully saturated rings. The number of thioether (sulfide) groups is 1. The van der Waals surface area contributed by atoms with E-state index in [1.54, 1.807) is 0 Å². The molecule has 1 atom stereocenters. The number of fused-ring (bicyclic) bond motifs is 1. The molecule has 4 nitrogen and oxygen atoms in total. The van der Waals surface area contributed by atoms with Gasteiger partial charge in [0.15, 0.2) is 5.76 Å². The van der Waals surface area contributed by atoms with Crippen LogP contribution >= 0.6 is 11.8 Å². The number of aromatic nitrogens is 1. The minimum atomic E-state index is 0.0442. The van der Waals surface area contributed by atoms with Gasteiger partial charge in [-0.15, -0.1) is 11.8 Å². The van der Waals surface area contributed by atoms with Crippen molar-refractivity contribution in [1.29, 1.82) is 0 Å². The Kier molecular flexibility index (Phi) is 4.60. The molecule has 1 aliphatic heterocycles. The molecule has 1 saturated heterocycles. The second kappa shape index (κ2) is 7.41. The van der Waals surface area contributed by atoms with E-state index in [1.165, 1.54) is 11.1 Å². The third-order valence-corrected chi connectivity index (χ3v) is 6.53. The van der Waals surface area contributed by atoms with Crippen LogP contribution in [0.25, 0.3) is 22.2 Å². The summed E-state index contributed by atoms with van der Waals surface area (Å²) in [4.78, 5) is 15.3. The van der Waals surface area contributed by atoms with Crippen LogP contribution in [0.1, 0.15) is 26.9 Å². The number of rotatable bonds is 3. The molecule has 144 valence electrons. The molecule has 3 aromatic carbocycles. The Morgan fingerprint density at radius 2 is 1.86 bits per heavy atom. The normalized spacial score (nSPS) is 16.4. The Morgan fingerprint density at radius 3 is 2.66 bits per heavy atom. The zero-order valence-electron chi connectivity index (χ0n) is 16.0. The number of nitrogens with zero attached hydrogens (tertiary/aromatic N) is 2. The smallest absolute Gasteiger partial charge is 0.255 e. The van der Waals surface area contributed by atoms with Crippen molar-refractivity contribution in [3.8, 4) is 11.3 Å². The first-order valence-electron chi connectivity index (χ1n) is 9.65. The SMILES string of the molecule is Cc1ccc(C2SCCN2C(=O)c2ccc3noc(-c4ccccc4)c3c2)cc1. The maximum absolute atomic E-state index is 13.4. The molecule has 5 rings (SSSR count). The summed E-state index contributed by atoms with van der Waals surface area (Å²) in [6.45, 7) is 2.82. The summed E-state index contributed by atoms with van der Waals surface area (Å²) in [6.07, 6.45) is 0. The molecule has 0 bridgehead atoms. The van der Waals surface area contributed by atoms with E-state index in [-0.39, 0.29) is 11.3 Å². The standard InChI is InChI=1S/C24H20N2O2S/c1-16-7-9-18(10-8-16)24-26(13-14-29-24)23(27)19-11-12-21-20(15-19)22(28-25-21)17-5-3-2-4-6-17/h2-12,15,24H,13-14H2,1H3. The quantitative estimate of drug-likeness (QED) is 0.443. The summed E-state index contributed by atoms with van der Waals surface area (Å²) in [6, 6.07) is 23.9. The lowest BCUT2D eigenvalue weighted by Crippen LogP contribution is -2.30. The molecule has 29 heavy (non-hydrogen) atoms. The van der Waals surface area contributed by atoms with Gasteiger partial charge in [-0.3, -0.25) is 4.79 Å². The molecule has 0 spiro atoms. The summed E-state index contributed by atoms with van der Waals surface area (Å²) >= 11 is 1.81. The van der Waals surface area contributed by atoms with Gasteiger partial charge in [0.25, 0.3) is 5.91 Å². The van der Waals surface area contributed by atoms with Crippen molar-refractivity contribution in [2.45, 2.75) is 12.3 Å². The minimum Gasteiger partial charge on any atom is -0.355 e. The number of benzene rings is 3. The molecule has 1 aliphatic rings. The molecule has 0 radical (unpaired) electrons. The molecule has 4 aromatic rings. The fraction of sp³-hybridized carbons (Fsp3) is 0.167. The van der Waals surface area contributed by atoms with Gasteiger partial charge in [0.05, 0.1) is 5.39 Å². The Hall–Kier alpha value is -3.05. The van der Waals surface area contributed by atoms with Gasteiger partial charge in [-0.25, -0.2) is 0 Å². The van der Waals surface area contributed by atoms with Crippen molar-refractivity contribution in [2.24, 2.45) is 0 Å². The monoisotopic (exact) mass is 400 g/mol. The average molecular weight is 401 g/mol. The summed E-state index contributed by atoms with van der Waals surface area (Å²) in [5, 5.41) is 5.07. The molecule has 1 unspecified atom stereocenters. The van der Waals surface area contributed by atoms with Crippen LogP contribution in [0.15, 0.2) is 77.3 Å². The van der Waals surface area contributed by atoms with E-state index < -0.39 is 0 Å². The maximum Gasteiger partial charge on any atom is 0.255 e. The molecule has 5 heteroatoms. The van der Waals surface area contributed by atoms with Crippen molar-refractivity contribution in [3.05, 3.63) is 89.5 Å². The zero-order chi connectivity index (χ0) is 19.8. The second-order valence-electron chi connectivity index (χ2n) is 7.24. The summed E-state index contributed by atoms with van der Waals surface area (Å²) in [5.41, 5.74) is 4.76. The third-order valence-electron chi connectivity index (χ3n) is 5.27. The van der Waals surface area contributed by atoms with Crippen LogP contribution in [-0.2, 0) is 0 Å². The van der Waals surface area contributed by atoms with Crippen LogP contribution in [0.4, 0.5) is 0 Å². The molecular formula is C24H20N2O2S. The van der Waals surface area contributed by atoms with E-state index in [2.05, 4.69) is 36.3 Å². The lowest BCUT2D eigenvalue weighted by molar-refractivity contribution is 0.0760. The van der Waals surface area contributed by atoms with Gasteiger partial charge in [0.1, 0.15) is 10.9 Å². The van der Waals surface area contributed by atoms with Gasteiger partial charge >= 0.3 is 0 Å². The Bertz CT molecular complexity index is 1170. The third kappa shape index (κ3) is 3.32. The van der Waals surface area contributed by atoms with E-state index in [9.17, 15) is 4.79 Å². The number of carbonyl (C=O) groups is 1. The molecule has 1 amide bonds. The molecule has 1 aromatic heterocycles. The molecule has 0 aliphatic carbocycles. The first kappa shape index (κ1) is 18.0. The van der Waals surface area contributed by atoms with Gasteiger partial charge in [0, 0.05) is 23.4 Å². The Balaban J connectivity index is 1.50. The molecule has 0 N–H and O–H groups in total. The van der Waals surface area contributed by atoms with Gasteiger partial charge in [-0.05, 0) is 30.7 Å². The second-order valence-corrected chi connectivity index (χ2v) is 8.43. The topological polar surface area (TPSA) is 46.3 Å². The van der Waals surface area contributed by atoms with Gasteiger partial charge < -0.3 is 9.42 Å². The van der Waals surface area contributed by atoms with E-state index >= 15 is 0 Å². The lowest BCUT2D eigenvalue weighted by Gasteiger charge is -2.24. The van der Waals surface area contributed by atoms with Crippen molar-refractivity contribution >= 4 is 28.6 Å². The molecule has 2 heterocycles. The van der Waals surface area contributed by atoms with Crippen LogP contribution in [0.2, 0.25) is 0 Å². The number of aryl methyl sites for hydroxylation is 1. The van der Waals surface area contributed by atoms with E-state index in [0.717, 1.165) is 28.8 Å². The van der Waals surface area contributed by atoms with Crippen LogP contribution < -0.4 is 0 Å². The first-order chi connectivity index (χ1) is 14.2. The maximum atomic E-state index is 13.4. The van der Waals surface area contributed by atoms with Crippen LogP contribution in [0, 0.1) is 6.92 Å². The highest BCUT2D eigenvalue weighted by atomic mass is 32.2. The van der Waals surface area contributed by atoms with Crippen LogP contribution in [0.3, 0.4) is 0 Å². The molecular weight excluding hydrogens is 380 g/mol. The van der Waals surface area contributed by atoms with E-state index in [1.807, 2.05) is 65.2 Å². The van der Waals surface area contributed by atoms with E-state index in [0.29, 0.717) is 11.3 Å². The Labute approximate surface area is 173 Å². The predicted molar refractivity (Wildman–Crippen MR) is 117 cm³/mol. The Morgan fingerprint density at radius 1 is 1.07 bits per heavy atom. The number of carbonyl (C=O) groups excluding carboxylic acids is 1. The van der Waals surface area contributed by atoms with Crippen molar-refractivity contribution in [2.75, 3.05) is 12.3 Å². The predicted octanol–water partition coefficient (Wildman–Crippen LogP) is 5.69. The largest absolute Gasteiger partial charge is 0.355 e. The summed E-state index contributed by atoms with van der Waals surface area (Å²) in [7, 11) is 0. The first-order valence-corrected chi connectivity index (χ1v) is 10.7. The van der Waals surface area contributed by atoms with Crippen molar-refractivity contribution in [3.63, 3.8) is 0 Å². The fourth-order valence-corrected chi connectivity index (χ4v) is 4.98. The van der Waals surface area contributed by atoms with Crippen LogP contribution in [0.5, 0.6) is 0 Å². The zero-order valence-corrected chi connectivity index (χ0v) is 16.9. The highest BCUT2D eigenvalue weighted by Gasteiger charge is 2.31. The highest BCUT2D eigenvalue weighted by molar-refractivity contribution is 7.99. The number of amides is 1.